The number of rotatable bonds is 3. The molecule has 0 aromatic heterocycles. The predicted octanol–water partition coefficient (Wildman–Crippen LogP) is 7.88. The molecule has 0 saturated heterocycles. The number of carbonyl (C=O) groups is 1. The highest BCUT2D eigenvalue weighted by atomic mass is 79.9. The number of halogens is 7. The minimum Gasteiger partial charge on any atom is -0.326 e. The lowest BCUT2D eigenvalue weighted by atomic mass is 9.88. The Bertz CT molecular complexity index is 1320. The van der Waals surface area contributed by atoms with Crippen LogP contribution >= 0.6 is 27.9 Å². The number of hydrogen-bond acceptors (Lipinski definition) is 3. The number of nitrogens with one attached hydrogen (secondary N) is 1. The number of anilines is 1. The van der Waals surface area contributed by atoms with Gasteiger partial charge >= 0.3 is 12.4 Å². The van der Waals surface area contributed by atoms with Crippen LogP contribution in [0.3, 0.4) is 0 Å². The highest BCUT2D eigenvalue weighted by molar-refractivity contribution is 9.10. The van der Waals surface area contributed by atoms with Gasteiger partial charge in [-0.3, -0.25) is 4.79 Å². The van der Waals surface area contributed by atoms with E-state index in [1.54, 1.807) is 36.4 Å². The second-order valence-electron chi connectivity index (χ2n) is 7.78. The van der Waals surface area contributed by atoms with Gasteiger partial charge in [0.2, 0.25) is 5.91 Å². The first-order valence-corrected chi connectivity index (χ1v) is 11.4. The maximum absolute atomic E-state index is 14.3. The monoisotopic (exact) mass is 560 g/mol. The molecular weight excluding hydrogens is 546 g/mol. The van der Waals surface area contributed by atoms with Crippen molar-refractivity contribution in [1.29, 1.82) is 0 Å². The normalized spacial score (nSPS) is 18.8. The van der Waals surface area contributed by atoms with Crippen LogP contribution in [0.25, 0.3) is 10.8 Å². The van der Waals surface area contributed by atoms with Crippen molar-refractivity contribution in [3.8, 4) is 0 Å². The molecule has 1 heterocycles. The Morgan fingerprint density at radius 3 is 2.44 bits per heavy atom. The molecule has 4 rings (SSSR count). The summed E-state index contributed by atoms with van der Waals surface area (Å²) >= 11 is 3.13. The van der Waals surface area contributed by atoms with Crippen LogP contribution in [0.15, 0.2) is 63.5 Å². The predicted molar refractivity (Wildman–Crippen MR) is 124 cm³/mol. The van der Waals surface area contributed by atoms with Crippen molar-refractivity contribution in [3.63, 3.8) is 0 Å². The Balaban J connectivity index is 1.75. The van der Waals surface area contributed by atoms with E-state index in [1.807, 2.05) is 0 Å². The summed E-state index contributed by atoms with van der Waals surface area (Å²) in [5, 5.41) is 4.06. The first-order valence-electron chi connectivity index (χ1n) is 9.81. The number of amides is 1. The number of alkyl halides is 6. The smallest absolute Gasteiger partial charge is 0.326 e. The van der Waals surface area contributed by atoms with E-state index < -0.39 is 34.6 Å². The van der Waals surface area contributed by atoms with E-state index in [2.05, 4.69) is 25.6 Å². The molecule has 11 heteroatoms. The van der Waals surface area contributed by atoms with Crippen molar-refractivity contribution in [2.45, 2.75) is 30.4 Å². The minimum atomic E-state index is -4.87. The van der Waals surface area contributed by atoms with Gasteiger partial charge in [-0.05, 0) is 58.8 Å². The van der Waals surface area contributed by atoms with Crippen LogP contribution in [0.4, 0.5) is 32.0 Å². The first-order chi connectivity index (χ1) is 15.8. The SMILES string of the molecule is CC(=O)Nc1cccc2cc(C3=NSC(c4cc(Br)cc(C(F)(F)F)c4)(C(F)(F)F)C3)ccc12. The molecule has 1 aliphatic rings. The minimum absolute atomic E-state index is 0.105. The lowest BCUT2D eigenvalue weighted by molar-refractivity contribution is -0.160. The summed E-state index contributed by atoms with van der Waals surface area (Å²) in [7, 11) is 0. The molecule has 1 N–H and O–H groups in total. The number of benzene rings is 3. The molecule has 0 saturated carbocycles. The lowest BCUT2D eigenvalue weighted by Crippen LogP contribution is -2.39. The third-order valence-electron chi connectivity index (χ3n) is 5.40. The molecule has 178 valence electrons. The second-order valence-corrected chi connectivity index (χ2v) is 9.76. The van der Waals surface area contributed by atoms with Crippen molar-refractivity contribution in [2.75, 3.05) is 5.32 Å². The summed E-state index contributed by atoms with van der Waals surface area (Å²) in [6.45, 7) is 1.36. The Morgan fingerprint density at radius 1 is 1.06 bits per heavy atom. The van der Waals surface area contributed by atoms with Gasteiger partial charge in [-0.1, -0.05) is 40.2 Å². The standard InChI is InChI=1S/C23H15BrF6N2OS/c1-12(33)31-19-4-2-3-13-7-14(5-6-18(13)19)20-11-21(34-32-20,23(28,29)30)15-8-16(22(25,26)27)10-17(24)9-15/h2-10H,11H2,1H3,(H,31,33). The number of fused-ring (bicyclic) bond motifs is 1. The summed E-state index contributed by atoms with van der Waals surface area (Å²) in [4.78, 5) is 11.4. The Kier molecular flexibility index (Phi) is 6.22. The van der Waals surface area contributed by atoms with E-state index >= 15 is 0 Å². The van der Waals surface area contributed by atoms with Gasteiger partial charge < -0.3 is 5.32 Å². The van der Waals surface area contributed by atoms with E-state index in [-0.39, 0.29) is 28.0 Å². The summed E-state index contributed by atoms with van der Waals surface area (Å²) in [6, 6.07) is 12.4. The summed E-state index contributed by atoms with van der Waals surface area (Å²) in [5.74, 6) is -0.268. The Labute approximate surface area is 202 Å². The van der Waals surface area contributed by atoms with E-state index in [0.717, 1.165) is 12.1 Å². The molecular formula is C23H15BrF6N2OS. The third kappa shape index (κ3) is 4.55. The molecule has 34 heavy (non-hydrogen) atoms. The maximum atomic E-state index is 14.3. The molecule has 1 unspecified atom stereocenters. The van der Waals surface area contributed by atoms with Gasteiger partial charge in [0.25, 0.3) is 0 Å². The molecule has 3 nitrogen and oxygen atoms in total. The van der Waals surface area contributed by atoms with Gasteiger partial charge in [-0.25, -0.2) is 4.40 Å². The zero-order valence-electron chi connectivity index (χ0n) is 17.3. The molecule has 1 amide bonds. The molecule has 3 aromatic carbocycles. The zero-order valence-corrected chi connectivity index (χ0v) is 19.7. The maximum Gasteiger partial charge on any atom is 0.416 e. The van der Waals surface area contributed by atoms with Crippen LogP contribution in [-0.2, 0) is 15.7 Å². The Morgan fingerprint density at radius 2 is 1.79 bits per heavy atom. The second kappa shape index (κ2) is 8.60. The van der Waals surface area contributed by atoms with Crippen LogP contribution in [0, 0.1) is 0 Å². The average molecular weight is 561 g/mol. The highest BCUT2D eigenvalue weighted by Crippen LogP contribution is 2.57. The van der Waals surface area contributed by atoms with Crippen LogP contribution in [0.1, 0.15) is 30.0 Å². The lowest BCUT2D eigenvalue weighted by Gasteiger charge is -2.31. The van der Waals surface area contributed by atoms with Crippen molar-refractivity contribution >= 4 is 56.0 Å². The van der Waals surface area contributed by atoms with Gasteiger partial charge in [0.15, 0.2) is 4.75 Å². The van der Waals surface area contributed by atoms with E-state index in [0.29, 0.717) is 28.1 Å². The summed E-state index contributed by atoms with van der Waals surface area (Å²) < 4.78 is 84.2. The van der Waals surface area contributed by atoms with Crippen molar-refractivity contribution in [1.82, 2.24) is 0 Å². The summed E-state index contributed by atoms with van der Waals surface area (Å²) in [5.41, 5.74) is -0.623. The number of carbonyl (C=O) groups excluding carboxylic acids is 1. The molecule has 0 spiro atoms. The number of hydrogen-bond donors (Lipinski definition) is 1. The topological polar surface area (TPSA) is 41.5 Å². The molecule has 0 fully saturated rings. The first kappa shape index (κ1) is 24.6. The number of nitrogens with zero attached hydrogens (tertiary/aromatic N) is 1. The van der Waals surface area contributed by atoms with Crippen LogP contribution in [0.5, 0.6) is 0 Å². The Hall–Kier alpha value is -2.53. The average Bonchev–Trinajstić information content (AvgIpc) is 3.19. The van der Waals surface area contributed by atoms with Crippen molar-refractivity contribution in [2.24, 2.45) is 4.40 Å². The quantitative estimate of drug-likeness (QED) is 0.261. The molecule has 3 aromatic rings. The molecule has 0 bridgehead atoms. The summed E-state index contributed by atoms with van der Waals surface area (Å²) in [6.07, 6.45) is -10.3. The molecule has 1 aliphatic heterocycles. The van der Waals surface area contributed by atoms with Crippen molar-refractivity contribution < 1.29 is 31.1 Å². The molecule has 1 atom stereocenters. The van der Waals surface area contributed by atoms with Gasteiger partial charge in [0.1, 0.15) is 0 Å². The van der Waals surface area contributed by atoms with Crippen molar-refractivity contribution in [3.05, 3.63) is 75.8 Å². The van der Waals surface area contributed by atoms with Gasteiger partial charge in [-0.15, -0.1) is 0 Å². The fraction of sp³-hybridized carbons (Fsp3) is 0.217. The van der Waals surface area contributed by atoms with E-state index in [1.165, 1.54) is 6.92 Å². The van der Waals surface area contributed by atoms with Gasteiger partial charge in [-0.2, -0.15) is 26.3 Å². The van der Waals surface area contributed by atoms with Gasteiger partial charge in [0, 0.05) is 28.9 Å². The highest BCUT2D eigenvalue weighted by Gasteiger charge is 2.60. The van der Waals surface area contributed by atoms with Crippen LogP contribution < -0.4 is 5.32 Å². The largest absolute Gasteiger partial charge is 0.416 e. The molecule has 0 radical (unpaired) electrons. The zero-order chi connectivity index (χ0) is 24.9. The fourth-order valence-corrected chi connectivity index (χ4v) is 5.26. The van der Waals surface area contributed by atoms with E-state index in [4.69, 9.17) is 0 Å². The van der Waals surface area contributed by atoms with E-state index in [9.17, 15) is 31.1 Å². The van der Waals surface area contributed by atoms with Crippen LogP contribution in [0.2, 0.25) is 0 Å². The van der Waals surface area contributed by atoms with Gasteiger partial charge in [0.05, 0.1) is 11.3 Å². The fourth-order valence-electron chi connectivity index (χ4n) is 3.81. The third-order valence-corrected chi connectivity index (χ3v) is 7.09. The van der Waals surface area contributed by atoms with Crippen LogP contribution in [-0.4, -0.2) is 17.8 Å². The molecule has 0 aliphatic carbocycles.